The minimum atomic E-state index is -0.362. The first kappa shape index (κ1) is 23.8. The summed E-state index contributed by atoms with van der Waals surface area (Å²) in [6, 6.07) is 21.8. The summed E-state index contributed by atoms with van der Waals surface area (Å²) in [5.41, 5.74) is 5.94. The van der Waals surface area contributed by atoms with Crippen molar-refractivity contribution in [2.45, 2.75) is 26.9 Å². The molecule has 35 heavy (non-hydrogen) atoms. The topological polar surface area (TPSA) is 93.0 Å². The van der Waals surface area contributed by atoms with Crippen molar-refractivity contribution in [1.82, 2.24) is 10.4 Å². The van der Waals surface area contributed by atoms with Crippen LogP contribution in [0.15, 0.2) is 77.9 Å². The fraction of sp³-hybridized carbons (Fsp3) is 0.179. The summed E-state index contributed by atoms with van der Waals surface area (Å²) in [5, 5.41) is 14.7. The van der Waals surface area contributed by atoms with Crippen molar-refractivity contribution in [3.63, 3.8) is 0 Å². The molecular formula is C28H27N3O4. The SMILES string of the molecule is CCOc1cc(/C=N\NC(=O)c2cc(-c3cccc(OC(C)C)c3)nc3ccccc23)ccc1O. The van der Waals surface area contributed by atoms with E-state index >= 15 is 0 Å². The van der Waals surface area contributed by atoms with Gasteiger partial charge in [-0.05, 0) is 68.8 Å². The molecule has 0 atom stereocenters. The molecule has 0 radical (unpaired) electrons. The first-order valence-electron chi connectivity index (χ1n) is 11.4. The lowest BCUT2D eigenvalue weighted by atomic mass is 10.0. The number of phenols is 1. The molecule has 0 aliphatic carbocycles. The smallest absolute Gasteiger partial charge is 0.272 e. The van der Waals surface area contributed by atoms with Gasteiger partial charge >= 0.3 is 0 Å². The van der Waals surface area contributed by atoms with Crippen LogP contribution in [0.5, 0.6) is 17.2 Å². The summed E-state index contributed by atoms with van der Waals surface area (Å²) in [5.74, 6) is 0.783. The molecule has 1 aromatic heterocycles. The van der Waals surface area contributed by atoms with E-state index in [1.807, 2.05) is 69.3 Å². The second-order valence-electron chi connectivity index (χ2n) is 8.13. The molecule has 1 amide bonds. The van der Waals surface area contributed by atoms with Crippen LogP contribution in [0, 0.1) is 0 Å². The Labute approximate surface area is 204 Å². The zero-order valence-electron chi connectivity index (χ0n) is 19.9. The van der Waals surface area contributed by atoms with E-state index in [0.717, 1.165) is 16.7 Å². The number of benzene rings is 3. The number of aromatic hydroxyl groups is 1. The number of amides is 1. The third kappa shape index (κ3) is 5.76. The zero-order valence-corrected chi connectivity index (χ0v) is 19.9. The quantitative estimate of drug-likeness (QED) is 0.260. The number of nitrogens with one attached hydrogen (secondary N) is 1. The molecule has 0 aliphatic heterocycles. The average Bonchev–Trinajstić information content (AvgIpc) is 2.85. The van der Waals surface area contributed by atoms with Gasteiger partial charge in [0, 0.05) is 10.9 Å². The number of ether oxygens (including phenoxy) is 2. The van der Waals surface area contributed by atoms with Crippen LogP contribution < -0.4 is 14.9 Å². The molecular weight excluding hydrogens is 442 g/mol. The molecule has 2 N–H and O–H groups in total. The van der Waals surface area contributed by atoms with Crippen LogP contribution in [0.25, 0.3) is 22.2 Å². The zero-order chi connectivity index (χ0) is 24.8. The van der Waals surface area contributed by atoms with Gasteiger partial charge in [-0.3, -0.25) is 4.79 Å². The molecule has 0 bridgehead atoms. The number of hydrogen-bond donors (Lipinski definition) is 2. The lowest BCUT2D eigenvalue weighted by molar-refractivity contribution is 0.0956. The largest absolute Gasteiger partial charge is 0.504 e. The maximum absolute atomic E-state index is 13.1. The second kappa shape index (κ2) is 10.7. The number of hydrogen-bond acceptors (Lipinski definition) is 6. The Morgan fingerprint density at radius 2 is 1.91 bits per heavy atom. The summed E-state index contributed by atoms with van der Waals surface area (Å²) in [6.45, 7) is 6.20. The molecule has 178 valence electrons. The third-order valence-electron chi connectivity index (χ3n) is 5.13. The van der Waals surface area contributed by atoms with Gasteiger partial charge in [0.25, 0.3) is 5.91 Å². The van der Waals surface area contributed by atoms with Gasteiger partial charge in [-0.25, -0.2) is 10.4 Å². The van der Waals surface area contributed by atoms with Gasteiger partial charge in [0.1, 0.15) is 5.75 Å². The molecule has 0 saturated heterocycles. The highest BCUT2D eigenvalue weighted by Gasteiger charge is 2.14. The molecule has 1 heterocycles. The predicted molar refractivity (Wildman–Crippen MR) is 137 cm³/mol. The van der Waals surface area contributed by atoms with E-state index in [1.165, 1.54) is 12.3 Å². The summed E-state index contributed by atoms with van der Waals surface area (Å²) >= 11 is 0. The van der Waals surface area contributed by atoms with E-state index in [-0.39, 0.29) is 17.8 Å². The van der Waals surface area contributed by atoms with Crippen molar-refractivity contribution in [2.24, 2.45) is 5.10 Å². The lowest BCUT2D eigenvalue weighted by Gasteiger charge is -2.12. The second-order valence-corrected chi connectivity index (χ2v) is 8.13. The van der Waals surface area contributed by atoms with Gasteiger partial charge in [0.2, 0.25) is 0 Å². The highest BCUT2D eigenvalue weighted by molar-refractivity contribution is 6.07. The third-order valence-corrected chi connectivity index (χ3v) is 5.13. The number of pyridine rings is 1. The van der Waals surface area contributed by atoms with E-state index in [0.29, 0.717) is 34.7 Å². The standard InChI is InChI=1S/C28H27N3O4/c1-4-34-27-14-19(12-13-26(27)32)17-29-31-28(33)23-16-25(30-24-11-6-5-10-22(23)24)20-8-7-9-21(15-20)35-18(2)3/h5-18,32H,4H2,1-3H3,(H,31,33)/b29-17-. The number of aromatic nitrogens is 1. The Bertz CT molecular complexity index is 1380. The van der Waals surface area contributed by atoms with E-state index in [9.17, 15) is 9.90 Å². The predicted octanol–water partition coefficient (Wildman–Crippen LogP) is 5.56. The molecule has 0 aliphatic rings. The molecule has 0 spiro atoms. The van der Waals surface area contributed by atoms with Crippen molar-refractivity contribution in [3.05, 3.63) is 83.9 Å². The number of hydrazone groups is 1. The summed E-state index contributed by atoms with van der Waals surface area (Å²) in [6.07, 6.45) is 1.55. The van der Waals surface area contributed by atoms with Crippen LogP contribution in [0.1, 0.15) is 36.7 Å². The fourth-order valence-corrected chi connectivity index (χ4v) is 3.62. The van der Waals surface area contributed by atoms with Gasteiger partial charge in [-0.2, -0.15) is 5.10 Å². The maximum Gasteiger partial charge on any atom is 0.272 e. The molecule has 7 nitrogen and oxygen atoms in total. The summed E-state index contributed by atoms with van der Waals surface area (Å²) in [4.78, 5) is 17.9. The Balaban J connectivity index is 1.63. The molecule has 7 heteroatoms. The van der Waals surface area contributed by atoms with E-state index in [4.69, 9.17) is 14.5 Å². The van der Waals surface area contributed by atoms with E-state index in [1.54, 1.807) is 18.2 Å². The highest BCUT2D eigenvalue weighted by Crippen LogP contribution is 2.28. The Hall–Kier alpha value is -4.39. The normalized spacial score (nSPS) is 11.2. The van der Waals surface area contributed by atoms with Gasteiger partial charge in [-0.1, -0.05) is 30.3 Å². The van der Waals surface area contributed by atoms with Gasteiger partial charge in [-0.15, -0.1) is 0 Å². The Morgan fingerprint density at radius 1 is 1.09 bits per heavy atom. The molecule has 4 rings (SSSR count). The number of nitrogens with zero attached hydrogens (tertiary/aromatic N) is 2. The van der Waals surface area contributed by atoms with Crippen LogP contribution in [0.4, 0.5) is 0 Å². The fourth-order valence-electron chi connectivity index (χ4n) is 3.62. The molecule has 0 saturated carbocycles. The van der Waals surface area contributed by atoms with Crippen molar-refractivity contribution < 1.29 is 19.4 Å². The number of phenolic OH excluding ortho intramolecular Hbond substituents is 1. The van der Waals surface area contributed by atoms with E-state index < -0.39 is 0 Å². The van der Waals surface area contributed by atoms with Crippen molar-refractivity contribution in [3.8, 4) is 28.5 Å². The molecule has 4 aromatic rings. The van der Waals surface area contributed by atoms with Crippen molar-refractivity contribution >= 4 is 23.0 Å². The lowest BCUT2D eigenvalue weighted by Crippen LogP contribution is -2.18. The molecule has 0 fully saturated rings. The average molecular weight is 470 g/mol. The van der Waals surface area contributed by atoms with Crippen LogP contribution in [0.3, 0.4) is 0 Å². The van der Waals surface area contributed by atoms with Gasteiger partial charge in [0.15, 0.2) is 11.5 Å². The number of carbonyl (C=O) groups excluding carboxylic acids is 1. The number of fused-ring (bicyclic) bond motifs is 1. The van der Waals surface area contributed by atoms with Gasteiger partial charge < -0.3 is 14.6 Å². The Morgan fingerprint density at radius 3 is 2.71 bits per heavy atom. The number of para-hydroxylation sites is 1. The highest BCUT2D eigenvalue weighted by atomic mass is 16.5. The van der Waals surface area contributed by atoms with Crippen LogP contribution in [-0.2, 0) is 0 Å². The minimum absolute atomic E-state index is 0.0479. The van der Waals surface area contributed by atoms with Crippen LogP contribution >= 0.6 is 0 Å². The first-order valence-corrected chi connectivity index (χ1v) is 11.4. The van der Waals surface area contributed by atoms with Crippen molar-refractivity contribution in [1.29, 1.82) is 0 Å². The number of rotatable bonds is 8. The molecule has 3 aromatic carbocycles. The summed E-state index contributed by atoms with van der Waals surface area (Å²) < 4.78 is 11.2. The Kier molecular flexibility index (Phi) is 7.26. The van der Waals surface area contributed by atoms with Gasteiger partial charge in [0.05, 0.1) is 35.7 Å². The first-order chi connectivity index (χ1) is 16.9. The summed E-state index contributed by atoms with van der Waals surface area (Å²) in [7, 11) is 0. The van der Waals surface area contributed by atoms with Crippen LogP contribution in [0.2, 0.25) is 0 Å². The maximum atomic E-state index is 13.1. The molecule has 0 unspecified atom stereocenters. The monoisotopic (exact) mass is 469 g/mol. The van der Waals surface area contributed by atoms with E-state index in [2.05, 4.69) is 10.5 Å². The minimum Gasteiger partial charge on any atom is -0.504 e. The number of carbonyl (C=O) groups is 1. The van der Waals surface area contributed by atoms with Crippen LogP contribution in [-0.4, -0.2) is 34.9 Å². The van der Waals surface area contributed by atoms with Crippen molar-refractivity contribution in [2.75, 3.05) is 6.61 Å².